The van der Waals surface area contributed by atoms with Crippen molar-refractivity contribution in [2.24, 2.45) is 0 Å². The van der Waals surface area contributed by atoms with Gasteiger partial charge >= 0.3 is 0 Å². The second-order valence-electron chi connectivity index (χ2n) is 5.42. The van der Waals surface area contributed by atoms with E-state index in [-0.39, 0.29) is 11.4 Å². The van der Waals surface area contributed by atoms with Crippen LogP contribution in [0.15, 0.2) is 41.4 Å². The van der Waals surface area contributed by atoms with E-state index in [1.54, 1.807) is 18.3 Å². The molecule has 2 rings (SSSR count). The van der Waals surface area contributed by atoms with Crippen LogP contribution < -0.4 is 19.7 Å². The van der Waals surface area contributed by atoms with Gasteiger partial charge in [-0.15, -0.1) is 5.10 Å². The van der Waals surface area contributed by atoms with Crippen LogP contribution in [0.4, 0.5) is 11.5 Å². The number of sulfonamides is 1. The summed E-state index contributed by atoms with van der Waals surface area (Å²) in [7, 11) is 0.259. The minimum Gasteiger partial charge on any atom is -0.494 e. The van der Waals surface area contributed by atoms with Gasteiger partial charge in [0.05, 0.1) is 23.4 Å². The first-order chi connectivity index (χ1) is 11.9. The van der Waals surface area contributed by atoms with Gasteiger partial charge in [0.2, 0.25) is 10.0 Å². The van der Waals surface area contributed by atoms with Gasteiger partial charge < -0.3 is 15.0 Å². The zero-order chi connectivity index (χ0) is 18.3. The standard InChI is InChI=1S/C16H23N5O3S/c1-4-24-14-5-7-15(8-6-14)25(22,23)19-10-9-17-16-11-13(21(2)3)12-18-20-16/h5-8,11-12,19H,4,9-10H2,1-3H3,(H,17,20). The second kappa shape index (κ2) is 8.63. The Balaban J connectivity index is 1.87. The molecule has 9 heteroatoms. The van der Waals surface area contributed by atoms with E-state index in [2.05, 4.69) is 20.2 Å². The van der Waals surface area contributed by atoms with Crippen LogP contribution >= 0.6 is 0 Å². The third-order valence-corrected chi connectivity index (χ3v) is 4.80. The van der Waals surface area contributed by atoms with E-state index in [9.17, 15) is 8.42 Å². The maximum absolute atomic E-state index is 12.2. The fraction of sp³-hybridized carbons (Fsp3) is 0.375. The van der Waals surface area contributed by atoms with Crippen LogP contribution in [0.25, 0.3) is 0 Å². The molecule has 0 amide bonds. The second-order valence-corrected chi connectivity index (χ2v) is 7.19. The molecule has 0 saturated carbocycles. The van der Waals surface area contributed by atoms with Crippen LogP contribution in [-0.4, -0.2) is 52.4 Å². The topological polar surface area (TPSA) is 96.5 Å². The fourth-order valence-corrected chi connectivity index (χ4v) is 3.06. The molecule has 0 bridgehead atoms. The van der Waals surface area contributed by atoms with Crippen LogP contribution in [-0.2, 0) is 10.0 Å². The number of benzene rings is 1. The molecule has 136 valence electrons. The SMILES string of the molecule is CCOc1ccc(S(=O)(=O)NCCNc2cc(N(C)C)cnn2)cc1. The largest absolute Gasteiger partial charge is 0.494 e. The molecule has 0 saturated heterocycles. The van der Waals surface area contributed by atoms with Crippen LogP contribution in [0, 0.1) is 0 Å². The predicted molar refractivity (Wildman–Crippen MR) is 97.6 cm³/mol. The van der Waals surface area contributed by atoms with Crippen molar-refractivity contribution in [3.05, 3.63) is 36.5 Å². The molecule has 0 radical (unpaired) electrons. The monoisotopic (exact) mass is 365 g/mol. The van der Waals surface area contributed by atoms with Crippen molar-refractivity contribution in [3.8, 4) is 5.75 Å². The van der Waals surface area contributed by atoms with Crippen LogP contribution in [0.5, 0.6) is 5.75 Å². The van der Waals surface area contributed by atoms with Gasteiger partial charge in [-0.3, -0.25) is 0 Å². The van der Waals surface area contributed by atoms with Gasteiger partial charge in [-0.05, 0) is 31.2 Å². The molecule has 0 fully saturated rings. The molecule has 1 heterocycles. The molecular weight excluding hydrogens is 342 g/mol. The number of nitrogens with one attached hydrogen (secondary N) is 2. The first-order valence-electron chi connectivity index (χ1n) is 7.89. The first-order valence-corrected chi connectivity index (χ1v) is 9.37. The summed E-state index contributed by atoms with van der Waals surface area (Å²) < 4.78 is 32.3. The van der Waals surface area contributed by atoms with Crippen molar-refractivity contribution in [1.29, 1.82) is 0 Å². The van der Waals surface area contributed by atoms with Crippen molar-refractivity contribution in [2.45, 2.75) is 11.8 Å². The highest BCUT2D eigenvalue weighted by Crippen LogP contribution is 2.16. The Morgan fingerprint density at radius 2 is 1.88 bits per heavy atom. The summed E-state index contributed by atoms with van der Waals surface area (Å²) in [5, 5.41) is 10.9. The van der Waals surface area contributed by atoms with Gasteiger partial charge in [0.15, 0.2) is 5.82 Å². The fourth-order valence-electron chi connectivity index (χ4n) is 2.03. The molecule has 1 aromatic heterocycles. The zero-order valence-corrected chi connectivity index (χ0v) is 15.4. The highest BCUT2D eigenvalue weighted by molar-refractivity contribution is 7.89. The Morgan fingerprint density at radius 1 is 1.16 bits per heavy atom. The average molecular weight is 365 g/mol. The van der Waals surface area contributed by atoms with E-state index >= 15 is 0 Å². The van der Waals surface area contributed by atoms with Gasteiger partial charge in [0.25, 0.3) is 0 Å². The third kappa shape index (κ3) is 5.57. The summed E-state index contributed by atoms with van der Waals surface area (Å²) in [5.74, 6) is 1.23. The Bertz CT molecular complexity index is 779. The van der Waals surface area contributed by atoms with E-state index in [1.807, 2.05) is 32.0 Å². The summed E-state index contributed by atoms with van der Waals surface area (Å²) in [4.78, 5) is 2.11. The molecule has 0 aliphatic carbocycles. The molecule has 0 spiro atoms. The minimum atomic E-state index is -3.56. The van der Waals surface area contributed by atoms with Crippen LogP contribution in [0.1, 0.15) is 6.92 Å². The predicted octanol–water partition coefficient (Wildman–Crippen LogP) is 1.33. The van der Waals surface area contributed by atoms with E-state index in [1.165, 1.54) is 12.1 Å². The Labute approximate surface area is 148 Å². The first kappa shape index (κ1) is 18.9. The summed E-state index contributed by atoms with van der Waals surface area (Å²) in [6, 6.07) is 8.16. The van der Waals surface area contributed by atoms with E-state index in [4.69, 9.17) is 4.74 Å². The Kier molecular flexibility index (Phi) is 6.54. The Morgan fingerprint density at radius 3 is 2.52 bits per heavy atom. The van der Waals surface area contributed by atoms with E-state index in [0.29, 0.717) is 24.7 Å². The average Bonchev–Trinajstić information content (AvgIpc) is 2.60. The number of hydrogen-bond acceptors (Lipinski definition) is 7. The molecule has 1 aromatic carbocycles. The van der Waals surface area contributed by atoms with E-state index in [0.717, 1.165) is 5.69 Å². The lowest BCUT2D eigenvalue weighted by atomic mass is 10.3. The van der Waals surface area contributed by atoms with Crippen molar-refractivity contribution in [2.75, 3.05) is 44.0 Å². The maximum atomic E-state index is 12.2. The molecule has 0 aliphatic rings. The van der Waals surface area contributed by atoms with Crippen molar-refractivity contribution >= 4 is 21.5 Å². The number of rotatable bonds is 9. The number of nitrogens with zero attached hydrogens (tertiary/aromatic N) is 3. The molecule has 8 nitrogen and oxygen atoms in total. The highest BCUT2D eigenvalue weighted by atomic mass is 32.2. The molecule has 0 unspecified atom stereocenters. The molecule has 2 aromatic rings. The zero-order valence-electron chi connectivity index (χ0n) is 14.6. The number of anilines is 2. The molecule has 0 atom stereocenters. The summed E-state index contributed by atoms with van der Waals surface area (Å²) in [5.41, 5.74) is 0.910. The lowest BCUT2D eigenvalue weighted by molar-refractivity contribution is 0.340. The highest BCUT2D eigenvalue weighted by Gasteiger charge is 2.13. The van der Waals surface area contributed by atoms with Crippen LogP contribution in [0.3, 0.4) is 0 Å². The summed E-state index contributed by atoms with van der Waals surface area (Å²) in [6.45, 7) is 3.02. The maximum Gasteiger partial charge on any atom is 0.240 e. The van der Waals surface area contributed by atoms with Gasteiger partial charge in [0.1, 0.15) is 5.75 Å². The van der Waals surface area contributed by atoms with Crippen molar-refractivity contribution in [3.63, 3.8) is 0 Å². The van der Waals surface area contributed by atoms with Gasteiger partial charge in [0, 0.05) is 33.3 Å². The lowest BCUT2D eigenvalue weighted by Gasteiger charge is -2.13. The Hall–Kier alpha value is -2.39. The lowest BCUT2D eigenvalue weighted by Crippen LogP contribution is -2.29. The normalized spacial score (nSPS) is 11.2. The van der Waals surface area contributed by atoms with E-state index < -0.39 is 10.0 Å². The quantitative estimate of drug-likeness (QED) is 0.647. The van der Waals surface area contributed by atoms with Gasteiger partial charge in [-0.1, -0.05) is 0 Å². The van der Waals surface area contributed by atoms with Gasteiger partial charge in [-0.25, -0.2) is 13.1 Å². The molecule has 25 heavy (non-hydrogen) atoms. The summed E-state index contributed by atoms with van der Waals surface area (Å²) >= 11 is 0. The van der Waals surface area contributed by atoms with Crippen molar-refractivity contribution in [1.82, 2.24) is 14.9 Å². The van der Waals surface area contributed by atoms with Crippen LogP contribution in [0.2, 0.25) is 0 Å². The smallest absolute Gasteiger partial charge is 0.240 e. The number of aromatic nitrogens is 2. The van der Waals surface area contributed by atoms with Crippen molar-refractivity contribution < 1.29 is 13.2 Å². The minimum absolute atomic E-state index is 0.199. The van der Waals surface area contributed by atoms with Gasteiger partial charge in [-0.2, -0.15) is 5.10 Å². The summed E-state index contributed by atoms with van der Waals surface area (Å²) in [6.07, 6.45) is 1.65. The number of ether oxygens (including phenoxy) is 1. The molecule has 2 N–H and O–H groups in total. The third-order valence-electron chi connectivity index (χ3n) is 3.32. The molecular formula is C16H23N5O3S. The number of hydrogen-bond donors (Lipinski definition) is 2. The molecule has 0 aliphatic heterocycles.